The van der Waals surface area contributed by atoms with Crippen LogP contribution in [0.4, 0.5) is 11.4 Å². The number of rotatable bonds is 4. The average Bonchev–Trinajstić information content (AvgIpc) is 3.19. The van der Waals surface area contributed by atoms with Crippen molar-refractivity contribution in [2.75, 3.05) is 9.80 Å². The topological polar surface area (TPSA) is 74.8 Å². The van der Waals surface area contributed by atoms with Gasteiger partial charge in [-0.15, -0.1) is 0 Å². The van der Waals surface area contributed by atoms with Gasteiger partial charge in [0, 0.05) is 23.8 Å². The molecule has 0 aromatic heterocycles. The monoisotopic (exact) mass is 386 g/mol. The fourth-order valence-corrected chi connectivity index (χ4v) is 3.57. The Balaban J connectivity index is 1.60. The number of nitrogens with zero attached hydrogens (tertiary/aromatic N) is 2. The van der Waals surface area contributed by atoms with E-state index in [9.17, 15) is 19.2 Å². The molecule has 0 spiro atoms. The van der Waals surface area contributed by atoms with Crippen molar-refractivity contribution in [1.82, 2.24) is 0 Å². The van der Waals surface area contributed by atoms with Crippen molar-refractivity contribution >= 4 is 35.0 Å². The van der Waals surface area contributed by atoms with Crippen LogP contribution in [0.2, 0.25) is 0 Å². The van der Waals surface area contributed by atoms with Gasteiger partial charge >= 0.3 is 0 Å². The number of aryl methyl sites for hydroxylation is 1. The van der Waals surface area contributed by atoms with Crippen molar-refractivity contribution in [3.05, 3.63) is 71.8 Å². The number of carbonyl (C=O) groups excluding carboxylic acids is 4. The molecule has 0 aliphatic carbocycles. The smallest absolute Gasteiger partial charge is 0.261 e. The predicted octanol–water partition coefficient (Wildman–Crippen LogP) is 3.30. The zero-order valence-electron chi connectivity index (χ0n) is 16.0. The highest BCUT2D eigenvalue weighted by atomic mass is 16.2. The number of hydrogen-bond acceptors (Lipinski definition) is 4. The average molecular weight is 386 g/mol. The van der Waals surface area contributed by atoms with E-state index in [2.05, 4.69) is 0 Å². The maximum atomic E-state index is 12.3. The molecule has 0 saturated carbocycles. The van der Waals surface area contributed by atoms with E-state index in [1.807, 2.05) is 32.0 Å². The van der Waals surface area contributed by atoms with Gasteiger partial charge in [0.15, 0.2) is 0 Å². The Morgan fingerprint density at radius 1 is 0.759 bits per heavy atom. The van der Waals surface area contributed by atoms with Gasteiger partial charge in [0.1, 0.15) is 0 Å². The largest absolute Gasteiger partial charge is 0.269 e. The lowest BCUT2D eigenvalue weighted by Gasteiger charge is -2.17. The highest BCUT2D eigenvalue weighted by molar-refractivity contribution is 6.30. The minimum atomic E-state index is -0.355. The third-order valence-electron chi connectivity index (χ3n) is 5.09. The van der Waals surface area contributed by atoms with E-state index >= 15 is 0 Å². The second-order valence-electron chi connectivity index (χ2n) is 6.89. The van der Waals surface area contributed by atoms with Crippen LogP contribution in [0.1, 0.15) is 18.9 Å². The Labute approximate surface area is 167 Å². The summed E-state index contributed by atoms with van der Waals surface area (Å²) in [7, 11) is 0. The number of imide groups is 2. The van der Waals surface area contributed by atoms with Crippen molar-refractivity contribution < 1.29 is 19.2 Å². The SMILES string of the molecule is CCC1=CC(=O)N(c2ccc(-c3ccc(N4C(=O)C=CC4=O)cc3C)cc2)C1=O. The van der Waals surface area contributed by atoms with E-state index in [-0.39, 0.29) is 23.6 Å². The number of benzene rings is 2. The molecule has 2 aliphatic heterocycles. The molecular formula is C23H18N2O4. The van der Waals surface area contributed by atoms with Gasteiger partial charge in [-0.1, -0.05) is 25.1 Å². The summed E-state index contributed by atoms with van der Waals surface area (Å²) in [5.74, 6) is -1.31. The molecule has 0 saturated heterocycles. The van der Waals surface area contributed by atoms with E-state index in [1.165, 1.54) is 23.1 Å². The molecule has 0 bridgehead atoms. The van der Waals surface area contributed by atoms with Gasteiger partial charge < -0.3 is 0 Å². The molecule has 6 heteroatoms. The fourth-order valence-electron chi connectivity index (χ4n) is 3.57. The summed E-state index contributed by atoms with van der Waals surface area (Å²) in [6.07, 6.45) is 4.41. The Hall–Kier alpha value is -3.80. The number of amides is 4. The lowest BCUT2D eigenvalue weighted by molar-refractivity contribution is -0.121. The lowest BCUT2D eigenvalue weighted by Crippen LogP contribution is -2.30. The number of hydrogen-bond donors (Lipinski definition) is 0. The van der Waals surface area contributed by atoms with Gasteiger partial charge in [-0.2, -0.15) is 0 Å². The molecule has 6 nitrogen and oxygen atoms in total. The van der Waals surface area contributed by atoms with E-state index in [1.54, 1.807) is 24.3 Å². The van der Waals surface area contributed by atoms with Crippen molar-refractivity contribution in [2.24, 2.45) is 0 Å². The first kappa shape index (κ1) is 18.6. The zero-order valence-corrected chi connectivity index (χ0v) is 16.0. The van der Waals surface area contributed by atoms with Crippen LogP contribution in [0.5, 0.6) is 0 Å². The highest BCUT2D eigenvalue weighted by Gasteiger charge is 2.31. The number of anilines is 2. The van der Waals surface area contributed by atoms with E-state index in [0.717, 1.165) is 21.6 Å². The Bertz CT molecular complexity index is 1110. The zero-order chi connectivity index (χ0) is 20.7. The molecule has 0 N–H and O–H groups in total. The summed E-state index contributed by atoms with van der Waals surface area (Å²) >= 11 is 0. The van der Waals surface area contributed by atoms with Crippen LogP contribution >= 0.6 is 0 Å². The van der Waals surface area contributed by atoms with Crippen LogP contribution < -0.4 is 9.80 Å². The minimum Gasteiger partial charge on any atom is -0.269 e. The quantitative estimate of drug-likeness (QED) is 0.756. The van der Waals surface area contributed by atoms with Crippen LogP contribution in [-0.4, -0.2) is 23.6 Å². The van der Waals surface area contributed by atoms with Crippen molar-refractivity contribution in [3.8, 4) is 11.1 Å². The summed E-state index contributed by atoms with van der Waals surface area (Å²) in [5.41, 5.74) is 4.28. The molecule has 2 heterocycles. The summed E-state index contributed by atoms with van der Waals surface area (Å²) < 4.78 is 0. The maximum Gasteiger partial charge on any atom is 0.261 e. The maximum absolute atomic E-state index is 12.3. The van der Waals surface area contributed by atoms with Crippen molar-refractivity contribution in [2.45, 2.75) is 20.3 Å². The standard InChI is InChI=1S/C23H18N2O4/c1-3-15-13-22(28)25(23(15)29)17-6-4-16(5-7-17)19-9-8-18(12-14(19)2)24-20(26)10-11-21(24)27/h4-13H,3H2,1-2H3. The molecule has 0 radical (unpaired) electrons. The molecule has 29 heavy (non-hydrogen) atoms. The Kier molecular flexibility index (Phi) is 4.47. The molecule has 0 atom stereocenters. The molecule has 2 aromatic rings. The van der Waals surface area contributed by atoms with E-state index in [4.69, 9.17) is 0 Å². The molecule has 0 fully saturated rings. The van der Waals surface area contributed by atoms with Gasteiger partial charge in [0.25, 0.3) is 23.6 Å². The summed E-state index contributed by atoms with van der Waals surface area (Å²) in [4.78, 5) is 50.5. The second-order valence-corrected chi connectivity index (χ2v) is 6.89. The molecule has 2 aliphatic rings. The van der Waals surface area contributed by atoms with Crippen LogP contribution in [0.15, 0.2) is 66.3 Å². The Morgan fingerprint density at radius 2 is 1.38 bits per heavy atom. The predicted molar refractivity (Wildman–Crippen MR) is 109 cm³/mol. The van der Waals surface area contributed by atoms with Crippen LogP contribution in [-0.2, 0) is 19.2 Å². The van der Waals surface area contributed by atoms with Gasteiger partial charge in [0.05, 0.1) is 11.4 Å². The third kappa shape index (κ3) is 3.08. The van der Waals surface area contributed by atoms with E-state index in [0.29, 0.717) is 23.4 Å². The third-order valence-corrected chi connectivity index (χ3v) is 5.09. The molecule has 144 valence electrons. The lowest BCUT2D eigenvalue weighted by atomic mass is 9.99. The first-order valence-electron chi connectivity index (χ1n) is 9.27. The fraction of sp³-hybridized carbons (Fsp3) is 0.130. The Morgan fingerprint density at radius 3 is 1.93 bits per heavy atom. The van der Waals surface area contributed by atoms with Crippen molar-refractivity contribution in [3.63, 3.8) is 0 Å². The number of carbonyl (C=O) groups is 4. The highest BCUT2D eigenvalue weighted by Crippen LogP contribution is 2.31. The summed E-state index contributed by atoms with van der Waals surface area (Å²) in [6, 6.07) is 12.5. The second kappa shape index (κ2) is 6.98. The van der Waals surface area contributed by atoms with E-state index < -0.39 is 0 Å². The molecular weight excluding hydrogens is 368 g/mol. The molecule has 2 aromatic carbocycles. The normalized spacial score (nSPS) is 16.3. The summed E-state index contributed by atoms with van der Waals surface area (Å²) in [5, 5.41) is 0. The minimum absolute atomic E-state index is 0.278. The first-order chi connectivity index (χ1) is 13.9. The first-order valence-corrected chi connectivity index (χ1v) is 9.27. The molecule has 4 amide bonds. The van der Waals surface area contributed by atoms with Gasteiger partial charge in [0.2, 0.25) is 0 Å². The van der Waals surface area contributed by atoms with Crippen LogP contribution in [0.3, 0.4) is 0 Å². The van der Waals surface area contributed by atoms with Gasteiger partial charge in [-0.05, 0) is 54.3 Å². The molecule has 4 rings (SSSR count). The van der Waals surface area contributed by atoms with Gasteiger partial charge in [-0.25, -0.2) is 9.80 Å². The van der Waals surface area contributed by atoms with Gasteiger partial charge in [-0.3, -0.25) is 19.2 Å². The summed E-state index contributed by atoms with van der Waals surface area (Å²) in [6.45, 7) is 3.74. The molecule has 0 unspecified atom stereocenters. The van der Waals surface area contributed by atoms with Crippen LogP contribution in [0.25, 0.3) is 11.1 Å². The van der Waals surface area contributed by atoms with Crippen LogP contribution in [0, 0.1) is 6.92 Å². The van der Waals surface area contributed by atoms with Crippen molar-refractivity contribution in [1.29, 1.82) is 0 Å².